The second-order valence-electron chi connectivity index (χ2n) is 10.5. The molecule has 0 atom stereocenters. The zero-order valence-electron chi connectivity index (χ0n) is 22.7. The van der Waals surface area contributed by atoms with Crippen LogP contribution < -0.4 is 9.64 Å². The Hall–Kier alpha value is -2.81. The summed E-state index contributed by atoms with van der Waals surface area (Å²) in [7, 11) is 1.66. The first-order valence-electron chi connectivity index (χ1n) is 13.2. The Morgan fingerprint density at radius 2 is 1.84 bits per heavy atom. The molecule has 3 heterocycles. The van der Waals surface area contributed by atoms with Crippen LogP contribution in [0.5, 0.6) is 5.75 Å². The summed E-state index contributed by atoms with van der Waals surface area (Å²) in [6.07, 6.45) is 6.10. The van der Waals surface area contributed by atoms with Crippen LogP contribution >= 0.6 is 11.8 Å². The van der Waals surface area contributed by atoms with Crippen LogP contribution in [0.1, 0.15) is 58.9 Å². The lowest BCUT2D eigenvalue weighted by Gasteiger charge is -2.37. The molecule has 4 rings (SSSR count). The van der Waals surface area contributed by atoms with Crippen LogP contribution in [0.2, 0.25) is 0 Å². The fourth-order valence-corrected chi connectivity index (χ4v) is 5.19. The Morgan fingerprint density at radius 3 is 2.49 bits per heavy atom. The van der Waals surface area contributed by atoms with Crippen LogP contribution in [0.4, 0.5) is 5.82 Å². The Labute approximate surface area is 224 Å². The molecule has 0 saturated carbocycles. The minimum Gasteiger partial charge on any atom is -0.497 e. The highest BCUT2D eigenvalue weighted by atomic mass is 32.2. The van der Waals surface area contributed by atoms with Gasteiger partial charge in [-0.05, 0) is 41.9 Å². The molecule has 0 aliphatic carbocycles. The van der Waals surface area contributed by atoms with Crippen molar-refractivity contribution in [2.24, 2.45) is 11.3 Å². The van der Waals surface area contributed by atoms with Gasteiger partial charge >= 0.3 is 5.97 Å². The van der Waals surface area contributed by atoms with Gasteiger partial charge in [-0.25, -0.2) is 14.6 Å². The van der Waals surface area contributed by atoms with E-state index in [2.05, 4.69) is 32.6 Å². The van der Waals surface area contributed by atoms with E-state index < -0.39 is 0 Å². The lowest BCUT2D eigenvalue weighted by molar-refractivity contribution is -0.141. The number of piperidine rings is 1. The van der Waals surface area contributed by atoms with Gasteiger partial charge in [0, 0.05) is 13.1 Å². The molecule has 0 N–H and O–H groups in total. The zero-order chi connectivity index (χ0) is 26.4. The van der Waals surface area contributed by atoms with Crippen LogP contribution in [0, 0.1) is 11.3 Å². The van der Waals surface area contributed by atoms with E-state index in [9.17, 15) is 4.79 Å². The van der Waals surface area contributed by atoms with Crippen molar-refractivity contribution < 1.29 is 14.3 Å². The van der Waals surface area contributed by atoms with E-state index in [-0.39, 0.29) is 11.7 Å². The molecule has 1 aliphatic heterocycles. The summed E-state index contributed by atoms with van der Waals surface area (Å²) in [6, 6.07) is 7.94. The van der Waals surface area contributed by atoms with Crippen LogP contribution in [0.15, 0.2) is 35.5 Å². The Balaban J connectivity index is 1.56. The van der Waals surface area contributed by atoms with Gasteiger partial charge in [0.05, 0.1) is 32.2 Å². The summed E-state index contributed by atoms with van der Waals surface area (Å²) >= 11 is 1.36. The lowest BCUT2D eigenvalue weighted by Crippen LogP contribution is -2.37. The van der Waals surface area contributed by atoms with Crippen molar-refractivity contribution in [2.75, 3.05) is 37.5 Å². The van der Waals surface area contributed by atoms with Gasteiger partial charge in [-0.2, -0.15) is 5.10 Å². The maximum absolute atomic E-state index is 12.4. The Bertz CT molecular complexity index is 1180. The number of benzene rings is 1. The number of ether oxygens (including phenoxy) is 2. The fraction of sp³-hybridized carbons (Fsp3) is 0.571. The number of anilines is 1. The second-order valence-corrected chi connectivity index (χ2v) is 11.5. The molecule has 0 unspecified atom stereocenters. The van der Waals surface area contributed by atoms with E-state index in [1.165, 1.54) is 11.8 Å². The highest BCUT2D eigenvalue weighted by molar-refractivity contribution is 8.00. The monoisotopic (exact) mass is 525 g/mol. The number of carbonyl (C=O) groups excluding carboxylic acids is 1. The SMILES string of the molecule is CCC(CC)COC(=O)CSc1nn(Cc2ccc(OC)cc2)c2nc(N3CCC(C)(C)CC3)cnc12. The standard InChI is InChI=1S/C28H39N5O3S/c1-6-20(7-2)18-36-24(34)19-37-27-25-26(33(31-27)17-21-8-10-22(35-5)11-9-21)30-23(16-29-25)32-14-12-28(3,4)13-15-32/h8-11,16,20H,6-7,12-15,17-19H2,1-5H3. The van der Waals surface area contributed by atoms with Crippen LogP contribution in [-0.4, -0.2) is 58.3 Å². The van der Waals surface area contributed by atoms with Crippen LogP contribution in [0.25, 0.3) is 11.2 Å². The third-order valence-corrected chi connectivity index (χ3v) is 8.22. The number of esters is 1. The van der Waals surface area contributed by atoms with Gasteiger partial charge in [0.1, 0.15) is 22.1 Å². The maximum atomic E-state index is 12.4. The van der Waals surface area contributed by atoms with Crippen LogP contribution in [0.3, 0.4) is 0 Å². The molecule has 9 heteroatoms. The van der Waals surface area contributed by atoms with E-state index in [0.717, 1.165) is 61.6 Å². The minimum atomic E-state index is -0.227. The summed E-state index contributed by atoms with van der Waals surface area (Å²) in [4.78, 5) is 24.5. The van der Waals surface area contributed by atoms with Gasteiger partial charge < -0.3 is 14.4 Å². The molecule has 1 fully saturated rings. The van der Waals surface area contributed by atoms with Gasteiger partial charge in [-0.1, -0.05) is 64.4 Å². The van der Waals surface area contributed by atoms with E-state index in [4.69, 9.17) is 24.5 Å². The molecule has 2 aromatic heterocycles. The largest absolute Gasteiger partial charge is 0.497 e. The van der Waals surface area contributed by atoms with Crippen molar-refractivity contribution in [3.63, 3.8) is 0 Å². The number of hydrogen-bond donors (Lipinski definition) is 0. The number of hydrogen-bond acceptors (Lipinski definition) is 8. The summed E-state index contributed by atoms with van der Waals surface area (Å²) in [5.41, 5.74) is 2.88. The second kappa shape index (κ2) is 12.2. The van der Waals surface area contributed by atoms with Crippen molar-refractivity contribution in [1.82, 2.24) is 19.7 Å². The molecule has 0 bridgehead atoms. The van der Waals surface area contributed by atoms with Gasteiger partial charge in [-0.15, -0.1) is 0 Å². The third kappa shape index (κ3) is 6.94. The van der Waals surface area contributed by atoms with Crippen molar-refractivity contribution in [3.8, 4) is 5.75 Å². The molecule has 0 radical (unpaired) electrons. The number of thioether (sulfide) groups is 1. The molecule has 1 aromatic carbocycles. The maximum Gasteiger partial charge on any atom is 0.316 e. The molecule has 8 nitrogen and oxygen atoms in total. The predicted molar refractivity (Wildman–Crippen MR) is 148 cm³/mol. The van der Waals surface area contributed by atoms with Crippen molar-refractivity contribution in [3.05, 3.63) is 36.0 Å². The number of rotatable bonds is 11. The molecular weight excluding hydrogens is 486 g/mol. The number of carbonyl (C=O) groups is 1. The lowest BCUT2D eigenvalue weighted by atomic mass is 9.83. The number of fused-ring (bicyclic) bond motifs is 1. The summed E-state index contributed by atoms with van der Waals surface area (Å²) in [5.74, 6) is 2.06. The molecule has 37 heavy (non-hydrogen) atoms. The smallest absolute Gasteiger partial charge is 0.316 e. The first-order valence-corrected chi connectivity index (χ1v) is 14.2. The highest BCUT2D eigenvalue weighted by Gasteiger charge is 2.27. The normalized spacial score (nSPS) is 15.4. The average Bonchev–Trinajstić information content (AvgIpc) is 3.25. The van der Waals surface area contributed by atoms with Crippen molar-refractivity contribution >= 4 is 34.7 Å². The average molecular weight is 526 g/mol. The topological polar surface area (TPSA) is 82.4 Å². The molecule has 1 aliphatic rings. The number of nitrogens with zero attached hydrogens (tertiary/aromatic N) is 5. The Kier molecular flexibility index (Phi) is 8.95. The Morgan fingerprint density at radius 1 is 1.14 bits per heavy atom. The first kappa shape index (κ1) is 27.2. The van der Waals surface area contributed by atoms with Crippen molar-refractivity contribution in [2.45, 2.75) is 64.9 Å². The van der Waals surface area contributed by atoms with E-state index in [1.54, 1.807) is 7.11 Å². The van der Waals surface area contributed by atoms with Gasteiger partial charge in [0.15, 0.2) is 5.65 Å². The number of aromatic nitrogens is 4. The van der Waals surface area contributed by atoms with E-state index >= 15 is 0 Å². The minimum absolute atomic E-state index is 0.194. The predicted octanol–water partition coefficient (Wildman–Crippen LogP) is 5.58. The fourth-order valence-electron chi connectivity index (χ4n) is 4.41. The number of methoxy groups -OCH3 is 1. The van der Waals surface area contributed by atoms with Gasteiger partial charge in [-0.3, -0.25) is 4.79 Å². The van der Waals surface area contributed by atoms with E-state index in [0.29, 0.717) is 35.0 Å². The molecule has 0 amide bonds. The molecule has 200 valence electrons. The van der Waals surface area contributed by atoms with E-state index in [1.807, 2.05) is 35.1 Å². The molecule has 0 spiro atoms. The van der Waals surface area contributed by atoms with Crippen molar-refractivity contribution in [1.29, 1.82) is 0 Å². The highest BCUT2D eigenvalue weighted by Crippen LogP contribution is 2.33. The zero-order valence-corrected chi connectivity index (χ0v) is 23.5. The third-order valence-electron chi connectivity index (χ3n) is 7.29. The van der Waals surface area contributed by atoms with Crippen LogP contribution in [-0.2, 0) is 16.1 Å². The van der Waals surface area contributed by atoms with Gasteiger partial charge in [0.2, 0.25) is 0 Å². The summed E-state index contributed by atoms with van der Waals surface area (Å²) in [6.45, 7) is 11.8. The molecule has 3 aromatic rings. The van der Waals surface area contributed by atoms with Gasteiger partial charge in [0.25, 0.3) is 0 Å². The first-order chi connectivity index (χ1) is 17.8. The molecule has 1 saturated heterocycles. The summed E-state index contributed by atoms with van der Waals surface area (Å²) in [5, 5.41) is 5.53. The quantitative estimate of drug-likeness (QED) is 0.237. The summed E-state index contributed by atoms with van der Waals surface area (Å²) < 4.78 is 12.7. The molecular formula is C28H39N5O3S.